The van der Waals surface area contributed by atoms with Gasteiger partial charge in [0.2, 0.25) is 5.95 Å². The first kappa shape index (κ1) is 18.4. The van der Waals surface area contributed by atoms with Crippen LogP contribution in [0.25, 0.3) is 0 Å². The predicted octanol–water partition coefficient (Wildman–Crippen LogP) is 4.26. The molecule has 0 saturated carbocycles. The molecule has 1 saturated heterocycles. The molecule has 26 heavy (non-hydrogen) atoms. The Hall–Kier alpha value is -2.43. The standard InChI is InChI=1S/C21H28N4O/c1-15-9-11-25(12-10-15)20-22-13-18(14-23-20)24-19(26)16-5-7-17(8-6-16)21(2,3)4/h5-8,13-15H,9-12H2,1-4H3,(H,24,26). The molecule has 1 aliphatic rings. The van der Waals surface area contributed by atoms with Crippen LogP contribution in [0.1, 0.15) is 56.5 Å². The molecule has 1 aromatic heterocycles. The largest absolute Gasteiger partial charge is 0.341 e. The highest BCUT2D eigenvalue weighted by molar-refractivity contribution is 6.04. The number of amides is 1. The van der Waals surface area contributed by atoms with E-state index >= 15 is 0 Å². The minimum Gasteiger partial charge on any atom is -0.341 e. The minimum atomic E-state index is -0.145. The number of benzene rings is 1. The van der Waals surface area contributed by atoms with Crippen LogP contribution >= 0.6 is 0 Å². The highest BCUT2D eigenvalue weighted by Crippen LogP contribution is 2.23. The summed E-state index contributed by atoms with van der Waals surface area (Å²) in [5.74, 6) is 1.37. The average molecular weight is 352 g/mol. The summed E-state index contributed by atoms with van der Waals surface area (Å²) in [5.41, 5.74) is 2.53. The zero-order chi connectivity index (χ0) is 18.7. The van der Waals surface area contributed by atoms with Gasteiger partial charge in [0.05, 0.1) is 18.1 Å². The highest BCUT2D eigenvalue weighted by Gasteiger charge is 2.18. The van der Waals surface area contributed by atoms with E-state index in [9.17, 15) is 4.79 Å². The monoisotopic (exact) mass is 352 g/mol. The van der Waals surface area contributed by atoms with Crippen molar-refractivity contribution in [3.8, 4) is 0 Å². The summed E-state index contributed by atoms with van der Waals surface area (Å²) >= 11 is 0. The smallest absolute Gasteiger partial charge is 0.255 e. The lowest BCUT2D eigenvalue weighted by Crippen LogP contribution is -2.34. The van der Waals surface area contributed by atoms with Gasteiger partial charge in [0.15, 0.2) is 0 Å². The number of nitrogens with one attached hydrogen (secondary N) is 1. The molecule has 5 nitrogen and oxygen atoms in total. The van der Waals surface area contributed by atoms with Gasteiger partial charge in [0, 0.05) is 18.7 Å². The summed E-state index contributed by atoms with van der Waals surface area (Å²) in [6.07, 6.45) is 5.71. The maximum absolute atomic E-state index is 12.4. The van der Waals surface area contributed by atoms with Crippen LogP contribution in [0.3, 0.4) is 0 Å². The molecule has 1 aromatic carbocycles. The van der Waals surface area contributed by atoms with Crippen LogP contribution < -0.4 is 10.2 Å². The summed E-state index contributed by atoms with van der Waals surface area (Å²) in [7, 11) is 0. The second kappa shape index (κ2) is 7.44. The lowest BCUT2D eigenvalue weighted by molar-refractivity contribution is 0.102. The zero-order valence-corrected chi connectivity index (χ0v) is 16.1. The SMILES string of the molecule is CC1CCN(c2ncc(NC(=O)c3ccc(C(C)(C)C)cc3)cn2)CC1. The number of carbonyl (C=O) groups is 1. The van der Waals surface area contributed by atoms with Crippen molar-refractivity contribution in [3.05, 3.63) is 47.8 Å². The van der Waals surface area contributed by atoms with Crippen molar-refractivity contribution in [1.82, 2.24) is 9.97 Å². The van der Waals surface area contributed by atoms with Crippen molar-refractivity contribution in [2.45, 2.75) is 46.0 Å². The Balaban J connectivity index is 1.62. The van der Waals surface area contributed by atoms with E-state index in [4.69, 9.17) is 0 Å². The molecule has 0 bridgehead atoms. The number of rotatable bonds is 3. The second-order valence-electron chi connectivity index (χ2n) is 8.22. The van der Waals surface area contributed by atoms with E-state index in [-0.39, 0.29) is 11.3 Å². The van der Waals surface area contributed by atoms with E-state index in [0.29, 0.717) is 11.3 Å². The van der Waals surface area contributed by atoms with Gasteiger partial charge >= 0.3 is 0 Å². The first-order chi connectivity index (χ1) is 12.3. The zero-order valence-electron chi connectivity index (χ0n) is 16.1. The first-order valence-electron chi connectivity index (χ1n) is 9.32. The van der Waals surface area contributed by atoms with Gasteiger partial charge in [-0.25, -0.2) is 9.97 Å². The van der Waals surface area contributed by atoms with Gasteiger partial charge in [-0.1, -0.05) is 39.8 Å². The van der Waals surface area contributed by atoms with Crippen molar-refractivity contribution >= 4 is 17.5 Å². The fourth-order valence-electron chi connectivity index (χ4n) is 3.08. The normalized spacial score (nSPS) is 15.8. The van der Waals surface area contributed by atoms with Gasteiger partial charge in [-0.2, -0.15) is 0 Å². The number of carbonyl (C=O) groups excluding carboxylic acids is 1. The molecule has 0 aliphatic carbocycles. The quantitative estimate of drug-likeness (QED) is 0.896. The van der Waals surface area contributed by atoms with Gasteiger partial charge in [-0.3, -0.25) is 4.79 Å². The molecular formula is C21H28N4O. The topological polar surface area (TPSA) is 58.1 Å². The summed E-state index contributed by atoms with van der Waals surface area (Å²) in [6, 6.07) is 7.73. The van der Waals surface area contributed by atoms with Crippen molar-refractivity contribution in [3.63, 3.8) is 0 Å². The molecule has 3 rings (SSSR count). The Morgan fingerprint density at radius 2 is 1.65 bits per heavy atom. The number of nitrogens with zero attached hydrogens (tertiary/aromatic N) is 3. The van der Waals surface area contributed by atoms with E-state index in [2.05, 4.69) is 47.9 Å². The van der Waals surface area contributed by atoms with Crippen molar-refractivity contribution < 1.29 is 4.79 Å². The van der Waals surface area contributed by atoms with Crippen LogP contribution in [0.4, 0.5) is 11.6 Å². The second-order valence-corrected chi connectivity index (χ2v) is 8.22. The van der Waals surface area contributed by atoms with Crippen molar-refractivity contribution in [1.29, 1.82) is 0 Å². The molecule has 5 heteroatoms. The highest BCUT2D eigenvalue weighted by atomic mass is 16.1. The van der Waals surface area contributed by atoms with Crippen LogP contribution in [0.15, 0.2) is 36.7 Å². The Morgan fingerprint density at radius 3 is 2.19 bits per heavy atom. The number of aromatic nitrogens is 2. The summed E-state index contributed by atoms with van der Waals surface area (Å²) in [5, 5.41) is 2.87. The molecule has 1 amide bonds. The Kier molecular flexibility index (Phi) is 5.25. The fraction of sp³-hybridized carbons (Fsp3) is 0.476. The van der Waals surface area contributed by atoms with E-state index in [0.717, 1.165) is 25.0 Å². The minimum absolute atomic E-state index is 0.0743. The fourth-order valence-corrected chi connectivity index (χ4v) is 3.08. The average Bonchev–Trinajstić information content (AvgIpc) is 2.62. The third kappa shape index (κ3) is 4.40. The molecule has 0 unspecified atom stereocenters. The lowest BCUT2D eigenvalue weighted by Gasteiger charge is -2.30. The molecule has 0 spiro atoms. The third-order valence-electron chi connectivity index (χ3n) is 4.98. The van der Waals surface area contributed by atoms with E-state index < -0.39 is 0 Å². The summed E-state index contributed by atoms with van der Waals surface area (Å²) in [6.45, 7) is 10.7. The Bertz CT molecular complexity index is 739. The van der Waals surface area contributed by atoms with Gasteiger partial charge in [-0.05, 0) is 41.9 Å². The molecule has 1 aliphatic heterocycles. The molecular weight excluding hydrogens is 324 g/mol. The van der Waals surface area contributed by atoms with Gasteiger partial charge < -0.3 is 10.2 Å². The van der Waals surface area contributed by atoms with Crippen LogP contribution in [0.5, 0.6) is 0 Å². The number of hydrogen-bond acceptors (Lipinski definition) is 4. The summed E-state index contributed by atoms with van der Waals surface area (Å²) < 4.78 is 0. The summed E-state index contributed by atoms with van der Waals surface area (Å²) in [4.78, 5) is 23.5. The van der Waals surface area contributed by atoms with Crippen LogP contribution in [0, 0.1) is 5.92 Å². The van der Waals surface area contributed by atoms with Crippen LogP contribution in [-0.4, -0.2) is 29.0 Å². The van der Waals surface area contributed by atoms with E-state index in [1.807, 2.05) is 24.3 Å². The van der Waals surface area contributed by atoms with Crippen LogP contribution in [0.2, 0.25) is 0 Å². The third-order valence-corrected chi connectivity index (χ3v) is 4.98. The number of hydrogen-bond donors (Lipinski definition) is 1. The van der Waals surface area contributed by atoms with Gasteiger partial charge in [0.1, 0.15) is 0 Å². The molecule has 1 fully saturated rings. The van der Waals surface area contributed by atoms with Crippen LogP contribution in [-0.2, 0) is 5.41 Å². The lowest BCUT2D eigenvalue weighted by atomic mass is 9.87. The maximum atomic E-state index is 12.4. The molecule has 138 valence electrons. The van der Waals surface area contributed by atoms with E-state index in [1.165, 1.54) is 18.4 Å². The molecule has 1 N–H and O–H groups in total. The van der Waals surface area contributed by atoms with Crippen molar-refractivity contribution in [2.75, 3.05) is 23.3 Å². The number of anilines is 2. The predicted molar refractivity (Wildman–Crippen MR) is 106 cm³/mol. The Morgan fingerprint density at radius 1 is 1.08 bits per heavy atom. The molecule has 2 aromatic rings. The van der Waals surface area contributed by atoms with Crippen molar-refractivity contribution in [2.24, 2.45) is 5.92 Å². The first-order valence-corrected chi connectivity index (χ1v) is 9.32. The Labute approximate surface area is 155 Å². The van der Waals surface area contributed by atoms with Gasteiger partial charge in [0.25, 0.3) is 5.91 Å². The molecule has 0 radical (unpaired) electrons. The number of piperidine rings is 1. The van der Waals surface area contributed by atoms with Gasteiger partial charge in [-0.15, -0.1) is 0 Å². The molecule has 0 atom stereocenters. The maximum Gasteiger partial charge on any atom is 0.255 e. The van der Waals surface area contributed by atoms with E-state index in [1.54, 1.807) is 12.4 Å². The molecule has 2 heterocycles.